The van der Waals surface area contributed by atoms with E-state index in [1.165, 1.54) is 18.3 Å². The Balaban J connectivity index is 1.80. The molecule has 0 aliphatic heterocycles. The maximum Gasteiger partial charge on any atom is 0.251 e. The highest BCUT2D eigenvalue weighted by Crippen LogP contribution is 2.22. The fourth-order valence-corrected chi connectivity index (χ4v) is 2.74. The van der Waals surface area contributed by atoms with Crippen LogP contribution in [0, 0.1) is 0 Å². The first-order valence-electron chi connectivity index (χ1n) is 7.79. The summed E-state index contributed by atoms with van der Waals surface area (Å²) < 4.78 is 6.08. The number of nitrogens with zero attached hydrogens (tertiary/aromatic N) is 1. The highest BCUT2D eigenvalue weighted by molar-refractivity contribution is 9.10. The molecule has 2 aromatic carbocycles. The number of rotatable bonds is 7. The van der Waals surface area contributed by atoms with Crippen molar-refractivity contribution in [3.8, 4) is 5.75 Å². The molecule has 2 rings (SSSR count). The largest absolute Gasteiger partial charge is 0.496 e. The quantitative estimate of drug-likeness (QED) is 0.471. The van der Waals surface area contributed by atoms with E-state index >= 15 is 0 Å². The summed E-state index contributed by atoms with van der Waals surface area (Å²) in [5.41, 5.74) is 3.48. The minimum Gasteiger partial charge on any atom is -0.496 e. The summed E-state index contributed by atoms with van der Waals surface area (Å²) in [7, 11) is 1.55. The van der Waals surface area contributed by atoms with E-state index in [1.807, 2.05) is 12.1 Å². The second-order valence-corrected chi connectivity index (χ2v) is 7.04. The van der Waals surface area contributed by atoms with Crippen LogP contribution >= 0.6 is 39.1 Å². The zero-order valence-electron chi connectivity index (χ0n) is 14.3. The van der Waals surface area contributed by atoms with E-state index in [0.29, 0.717) is 26.9 Å². The van der Waals surface area contributed by atoms with Crippen molar-refractivity contribution >= 4 is 57.2 Å². The lowest BCUT2D eigenvalue weighted by atomic mass is 10.2. The third kappa shape index (κ3) is 6.53. The van der Waals surface area contributed by atoms with Crippen molar-refractivity contribution in [3.05, 3.63) is 62.0 Å². The first-order chi connectivity index (χ1) is 12.9. The molecule has 2 amide bonds. The van der Waals surface area contributed by atoms with Crippen LogP contribution in [0.25, 0.3) is 0 Å². The van der Waals surface area contributed by atoms with Gasteiger partial charge in [-0.05, 0) is 36.4 Å². The van der Waals surface area contributed by atoms with E-state index < -0.39 is 0 Å². The summed E-state index contributed by atoms with van der Waals surface area (Å²) in [6, 6.07) is 9.99. The summed E-state index contributed by atoms with van der Waals surface area (Å²) in [6.45, 7) is 0.153. The van der Waals surface area contributed by atoms with Crippen molar-refractivity contribution in [3.63, 3.8) is 0 Å². The number of hydrogen-bond donors (Lipinski definition) is 2. The molecule has 142 valence electrons. The van der Waals surface area contributed by atoms with Crippen molar-refractivity contribution < 1.29 is 14.3 Å². The molecule has 0 bridgehead atoms. The number of hydrogen-bond acceptors (Lipinski definition) is 4. The summed E-state index contributed by atoms with van der Waals surface area (Å²) in [5.74, 6) is -0.0523. The first kappa shape index (κ1) is 21.2. The standard InChI is InChI=1S/C18H16BrCl2N3O3/c1-27-16-5-3-13(19)8-12(16)10-23-24-17(25)6-7-22-18(26)11-2-4-14(20)15(21)9-11/h2-5,8-10H,6-7H2,1H3,(H,22,26)(H,24,25). The minimum atomic E-state index is -0.344. The number of halogens is 3. The summed E-state index contributed by atoms with van der Waals surface area (Å²) in [6.07, 6.45) is 1.55. The number of nitrogens with one attached hydrogen (secondary N) is 2. The van der Waals surface area contributed by atoms with E-state index in [2.05, 4.69) is 31.8 Å². The van der Waals surface area contributed by atoms with Gasteiger partial charge in [-0.1, -0.05) is 39.1 Å². The van der Waals surface area contributed by atoms with E-state index in [1.54, 1.807) is 19.2 Å². The third-order valence-electron chi connectivity index (χ3n) is 3.40. The van der Waals surface area contributed by atoms with Gasteiger partial charge in [0, 0.05) is 28.6 Å². The number of ether oxygens (including phenoxy) is 1. The number of amides is 2. The molecule has 27 heavy (non-hydrogen) atoms. The fraction of sp³-hybridized carbons (Fsp3) is 0.167. The van der Waals surface area contributed by atoms with Crippen molar-refractivity contribution in [1.82, 2.24) is 10.7 Å². The van der Waals surface area contributed by atoms with Gasteiger partial charge in [-0.15, -0.1) is 0 Å². The average molecular weight is 473 g/mol. The Morgan fingerprint density at radius 2 is 1.96 bits per heavy atom. The molecule has 0 unspecified atom stereocenters. The van der Waals surface area contributed by atoms with Crippen LogP contribution in [0.1, 0.15) is 22.3 Å². The highest BCUT2D eigenvalue weighted by Gasteiger charge is 2.08. The fourth-order valence-electron chi connectivity index (χ4n) is 2.06. The van der Waals surface area contributed by atoms with E-state index in [4.69, 9.17) is 27.9 Å². The van der Waals surface area contributed by atoms with Gasteiger partial charge in [-0.3, -0.25) is 9.59 Å². The summed E-state index contributed by atoms with van der Waals surface area (Å²) in [5, 5.41) is 7.19. The Labute approximate surface area is 175 Å². The van der Waals surface area contributed by atoms with Crippen molar-refractivity contribution in [2.45, 2.75) is 6.42 Å². The zero-order chi connectivity index (χ0) is 19.8. The van der Waals surface area contributed by atoms with Crippen LogP contribution in [0.2, 0.25) is 10.0 Å². The SMILES string of the molecule is COc1ccc(Br)cc1C=NNC(=O)CCNC(=O)c1ccc(Cl)c(Cl)c1. The molecule has 0 spiro atoms. The van der Waals surface area contributed by atoms with Gasteiger partial charge in [0.05, 0.1) is 23.4 Å². The van der Waals surface area contributed by atoms with Crippen LogP contribution in [0.15, 0.2) is 46.0 Å². The Morgan fingerprint density at radius 3 is 2.67 bits per heavy atom. The van der Waals surface area contributed by atoms with Crippen LogP contribution < -0.4 is 15.5 Å². The minimum absolute atomic E-state index is 0.0695. The van der Waals surface area contributed by atoms with Crippen molar-refractivity contribution in [1.29, 1.82) is 0 Å². The molecule has 0 aliphatic rings. The average Bonchev–Trinajstić information content (AvgIpc) is 2.64. The molecule has 0 saturated heterocycles. The maximum absolute atomic E-state index is 12.0. The van der Waals surface area contributed by atoms with E-state index in [0.717, 1.165) is 4.47 Å². The second-order valence-electron chi connectivity index (χ2n) is 5.31. The third-order valence-corrected chi connectivity index (χ3v) is 4.64. The lowest BCUT2D eigenvalue weighted by Crippen LogP contribution is -2.29. The topological polar surface area (TPSA) is 79.8 Å². The number of carbonyl (C=O) groups is 2. The molecule has 9 heteroatoms. The van der Waals surface area contributed by atoms with Crippen LogP contribution in [0.4, 0.5) is 0 Å². The predicted molar refractivity (Wildman–Crippen MR) is 110 cm³/mol. The first-order valence-corrected chi connectivity index (χ1v) is 9.34. The number of methoxy groups -OCH3 is 1. The molecule has 0 atom stereocenters. The smallest absolute Gasteiger partial charge is 0.251 e. The van der Waals surface area contributed by atoms with Gasteiger partial charge in [0.15, 0.2) is 0 Å². The van der Waals surface area contributed by atoms with Crippen molar-refractivity contribution in [2.24, 2.45) is 5.10 Å². The van der Waals surface area contributed by atoms with Gasteiger partial charge in [-0.25, -0.2) is 5.43 Å². The van der Waals surface area contributed by atoms with Crippen LogP contribution in [-0.2, 0) is 4.79 Å². The summed E-state index contributed by atoms with van der Waals surface area (Å²) in [4.78, 5) is 23.8. The van der Waals surface area contributed by atoms with Gasteiger partial charge in [0.25, 0.3) is 5.91 Å². The highest BCUT2D eigenvalue weighted by atomic mass is 79.9. The van der Waals surface area contributed by atoms with Gasteiger partial charge in [-0.2, -0.15) is 5.10 Å². The Bertz CT molecular complexity index is 875. The van der Waals surface area contributed by atoms with E-state index in [9.17, 15) is 9.59 Å². The van der Waals surface area contributed by atoms with Crippen LogP contribution in [0.3, 0.4) is 0 Å². The zero-order valence-corrected chi connectivity index (χ0v) is 17.4. The molecule has 0 radical (unpaired) electrons. The molecule has 0 heterocycles. The van der Waals surface area contributed by atoms with E-state index in [-0.39, 0.29) is 24.8 Å². The molecule has 6 nitrogen and oxygen atoms in total. The van der Waals surface area contributed by atoms with Gasteiger partial charge in [0.2, 0.25) is 5.91 Å². The Morgan fingerprint density at radius 1 is 1.19 bits per heavy atom. The van der Waals surface area contributed by atoms with Crippen molar-refractivity contribution in [2.75, 3.05) is 13.7 Å². The van der Waals surface area contributed by atoms with Gasteiger partial charge in [0.1, 0.15) is 5.75 Å². The molecular weight excluding hydrogens is 457 g/mol. The Hall–Kier alpha value is -2.09. The normalized spacial score (nSPS) is 10.7. The molecule has 0 fully saturated rings. The number of hydrazone groups is 1. The lowest BCUT2D eigenvalue weighted by Gasteiger charge is -2.06. The van der Waals surface area contributed by atoms with Gasteiger partial charge < -0.3 is 10.1 Å². The monoisotopic (exact) mass is 471 g/mol. The molecule has 0 aliphatic carbocycles. The lowest BCUT2D eigenvalue weighted by molar-refractivity contribution is -0.120. The predicted octanol–water partition coefficient (Wildman–Crippen LogP) is 4.03. The molecule has 0 saturated carbocycles. The maximum atomic E-state index is 12.0. The summed E-state index contributed by atoms with van der Waals surface area (Å²) >= 11 is 15.1. The van der Waals surface area contributed by atoms with Crippen LogP contribution in [0.5, 0.6) is 5.75 Å². The Kier molecular flexibility index (Phi) is 8.09. The van der Waals surface area contributed by atoms with Crippen LogP contribution in [-0.4, -0.2) is 31.7 Å². The molecular formula is C18H16BrCl2N3O3. The molecule has 2 aromatic rings. The number of carbonyl (C=O) groups excluding carboxylic acids is 2. The molecule has 2 N–H and O–H groups in total. The van der Waals surface area contributed by atoms with Gasteiger partial charge >= 0.3 is 0 Å². The number of benzene rings is 2. The second kappa shape index (κ2) is 10.3. The molecule has 0 aromatic heterocycles.